The normalized spacial score (nSPS) is 13.5. The summed E-state index contributed by atoms with van der Waals surface area (Å²) in [5, 5.41) is 3.11. The number of rotatable bonds is 7. The Hall–Kier alpha value is -4.13. The van der Waals surface area contributed by atoms with Crippen LogP contribution in [-0.2, 0) is 9.59 Å². The van der Waals surface area contributed by atoms with Gasteiger partial charge in [0.05, 0.1) is 23.6 Å². The van der Waals surface area contributed by atoms with Gasteiger partial charge in [-0.3, -0.25) is 9.59 Å². The third-order valence-electron chi connectivity index (χ3n) is 5.29. The first-order chi connectivity index (χ1) is 15.9. The highest BCUT2D eigenvalue weighted by Gasteiger charge is 2.40. The SMILES string of the molecule is CCOc1ccccc1NC1=C(c2ccc(F)cc2)C(=O)N(c2ccc(N(C)C)cc2)C1=O. The number of nitrogens with zero attached hydrogens (tertiary/aromatic N) is 2. The van der Waals surface area contributed by atoms with Gasteiger partial charge in [-0.05, 0) is 61.0 Å². The van der Waals surface area contributed by atoms with E-state index in [4.69, 9.17) is 4.74 Å². The van der Waals surface area contributed by atoms with E-state index in [9.17, 15) is 14.0 Å². The van der Waals surface area contributed by atoms with Crippen LogP contribution in [0.4, 0.5) is 21.5 Å². The lowest BCUT2D eigenvalue weighted by Crippen LogP contribution is -2.32. The van der Waals surface area contributed by atoms with Crippen LogP contribution in [0.15, 0.2) is 78.5 Å². The third kappa shape index (κ3) is 4.30. The van der Waals surface area contributed by atoms with E-state index in [1.54, 1.807) is 24.3 Å². The zero-order chi connectivity index (χ0) is 23.5. The van der Waals surface area contributed by atoms with E-state index in [1.807, 2.05) is 50.2 Å². The Morgan fingerprint density at radius 3 is 2.21 bits per heavy atom. The molecule has 0 atom stereocenters. The molecule has 0 aliphatic carbocycles. The lowest BCUT2D eigenvalue weighted by molar-refractivity contribution is -0.120. The molecule has 7 heteroatoms. The molecule has 6 nitrogen and oxygen atoms in total. The van der Waals surface area contributed by atoms with Crippen LogP contribution in [0.2, 0.25) is 0 Å². The van der Waals surface area contributed by atoms with E-state index in [0.29, 0.717) is 29.3 Å². The molecule has 33 heavy (non-hydrogen) atoms. The minimum atomic E-state index is -0.497. The number of para-hydroxylation sites is 2. The monoisotopic (exact) mass is 445 g/mol. The van der Waals surface area contributed by atoms with Crippen molar-refractivity contribution >= 4 is 34.4 Å². The van der Waals surface area contributed by atoms with Gasteiger partial charge in [0.25, 0.3) is 11.8 Å². The van der Waals surface area contributed by atoms with Crippen molar-refractivity contribution in [2.24, 2.45) is 0 Å². The summed E-state index contributed by atoms with van der Waals surface area (Å²) in [6.45, 7) is 2.31. The maximum absolute atomic E-state index is 13.6. The summed E-state index contributed by atoms with van der Waals surface area (Å²) in [5.74, 6) is -0.854. The minimum Gasteiger partial charge on any atom is -0.492 e. The molecule has 0 radical (unpaired) electrons. The Labute approximate surface area is 191 Å². The number of carbonyl (C=O) groups is 2. The second-order valence-corrected chi connectivity index (χ2v) is 7.67. The summed E-state index contributed by atoms with van der Waals surface area (Å²) in [7, 11) is 3.82. The molecule has 1 aliphatic rings. The number of halogens is 1. The molecular weight excluding hydrogens is 421 g/mol. The van der Waals surface area contributed by atoms with Crippen LogP contribution < -0.4 is 19.9 Å². The first-order valence-corrected chi connectivity index (χ1v) is 10.6. The number of amides is 2. The Kier molecular flexibility index (Phi) is 6.13. The summed E-state index contributed by atoms with van der Waals surface area (Å²) in [6, 6.07) is 19.8. The maximum Gasteiger partial charge on any atom is 0.282 e. The number of ether oxygens (including phenoxy) is 1. The summed E-state index contributed by atoms with van der Waals surface area (Å²) in [6.07, 6.45) is 0. The molecule has 168 valence electrons. The zero-order valence-electron chi connectivity index (χ0n) is 18.6. The van der Waals surface area contributed by atoms with Crippen LogP contribution in [0.1, 0.15) is 12.5 Å². The van der Waals surface area contributed by atoms with Crippen LogP contribution in [0.5, 0.6) is 5.75 Å². The number of anilines is 3. The minimum absolute atomic E-state index is 0.107. The highest BCUT2D eigenvalue weighted by atomic mass is 19.1. The van der Waals surface area contributed by atoms with Gasteiger partial charge in [-0.15, -0.1) is 0 Å². The first kappa shape index (κ1) is 22.1. The average Bonchev–Trinajstić information content (AvgIpc) is 3.05. The Morgan fingerprint density at radius 2 is 1.58 bits per heavy atom. The fourth-order valence-corrected chi connectivity index (χ4v) is 3.65. The molecule has 3 aromatic rings. The van der Waals surface area contributed by atoms with E-state index in [1.165, 1.54) is 24.3 Å². The molecule has 0 saturated heterocycles. The van der Waals surface area contributed by atoms with Crippen LogP contribution >= 0.6 is 0 Å². The molecule has 2 amide bonds. The highest BCUT2D eigenvalue weighted by Crippen LogP contribution is 2.36. The second kappa shape index (κ2) is 9.16. The van der Waals surface area contributed by atoms with E-state index >= 15 is 0 Å². The summed E-state index contributed by atoms with van der Waals surface area (Å²) < 4.78 is 19.2. The molecule has 0 saturated carbocycles. The van der Waals surface area contributed by atoms with Crippen LogP contribution in [0, 0.1) is 5.82 Å². The van der Waals surface area contributed by atoms with Gasteiger partial charge >= 0.3 is 0 Å². The smallest absolute Gasteiger partial charge is 0.282 e. The number of hydrogen-bond acceptors (Lipinski definition) is 5. The fraction of sp³-hybridized carbons (Fsp3) is 0.154. The average molecular weight is 445 g/mol. The molecule has 1 aliphatic heterocycles. The molecule has 0 fully saturated rings. The molecule has 1 N–H and O–H groups in total. The molecule has 3 aromatic carbocycles. The fourth-order valence-electron chi connectivity index (χ4n) is 3.65. The molecule has 0 bridgehead atoms. The van der Waals surface area contributed by atoms with Crippen molar-refractivity contribution in [3.63, 3.8) is 0 Å². The van der Waals surface area contributed by atoms with Gasteiger partial charge in [-0.25, -0.2) is 9.29 Å². The quantitative estimate of drug-likeness (QED) is 0.535. The van der Waals surface area contributed by atoms with Crippen molar-refractivity contribution in [1.82, 2.24) is 0 Å². The van der Waals surface area contributed by atoms with Gasteiger partial charge in [0.1, 0.15) is 17.3 Å². The number of benzene rings is 3. The Balaban J connectivity index is 1.79. The molecule has 4 rings (SSSR count). The largest absolute Gasteiger partial charge is 0.492 e. The van der Waals surface area contributed by atoms with Crippen molar-refractivity contribution in [1.29, 1.82) is 0 Å². The first-order valence-electron chi connectivity index (χ1n) is 10.6. The van der Waals surface area contributed by atoms with Gasteiger partial charge in [-0.2, -0.15) is 0 Å². The van der Waals surface area contributed by atoms with E-state index in [2.05, 4.69) is 5.32 Å². The maximum atomic E-state index is 13.6. The molecule has 1 heterocycles. The zero-order valence-corrected chi connectivity index (χ0v) is 18.6. The van der Waals surface area contributed by atoms with Crippen LogP contribution in [-0.4, -0.2) is 32.5 Å². The number of imide groups is 1. The van der Waals surface area contributed by atoms with Gasteiger partial charge in [0.2, 0.25) is 0 Å². The van der Waals surface area contributed by atoms with Crippen molar-refractivity contribution in [2.45, 2.75) is 6.92 Å². The standard InChI is InChI=1S/C26H24FN3O3/c1-4-33-22-8-6-5-7-21(22)28-24-23(17-9-11-18(27)12-10-17)25(31)30(26(24)32)20-15-13-19(14-16-20)29(2)3/h5-16,28H,4H2,1-3H3. The highest BCUT2D eigenvalue weighted by molar-refractivity contribution is 6.46. The molecule has 0 unspecified atom stereocenters. The number of carbonyl (C=O) groups excluding carboxylic acids is 2. The predicted molar refractivity (Wildman–Crippen MR) is 128 cm³/mol. The Morgan fingerprint density at radius 1 is 0.909 bits per heavy atom. The van der Waals surface area contributed by atoms with E-state index in [-0.39, 0.29) is 11.3 Å². The van der Waals surface area contributed by atoms with Gasteiger partial charge in [0, 0.05) is 19.8 Å². The van der Waals surface area contributed by atoms with Crippen LogP contribution in [0.3, 0.4) is 0 Å². The van der Waals surface area contributed by atoms with Crippen molar-refractivity contribution in [3.8, 4) is 5.75 Å². The third-order valence-corrected chi connectivity index (χ3v) is 5.29. The lowest BCUT2D eigenvalue weighted by Gasteiger charge is -2.18. The topological polar surface area (TPSA) is 61.9 Å². The predicted octanol–water partition coefficient (Wildman–Crippen LogP) is 4.69. The number of nitrogens with one attached hydrogen (secondary N) is 1. The molecule has 0 aromatic heterocycles. The van der Waals surface area contributed by atoms with Gasteiger partial charge < -0.3 is 15.0 Å². The number of hydrogen-bond donors (Lipinski definition) is 1. The summed E-state index contributed by atoms with van der Waals surface area (Å²) in [4.78, 5) is 30.1. The Bertz CT molecular complexity index is 1220. The molecule has 0 spiro atoms. The van der Waals surface area contributed by atoms with E-state index in [0.717, 1.165) is 10.6 Å². The lowest BCUT2D eigenvalue weighted by atomic mass is 10.0. The molecular formula is C26H24FN3O3. The van der Waals surface area contributed by atoms with Crippen LogP contribution in [0.25, 0.3) is 5.57 Å². The van der Waals surface area contributed by atoms with Crippen molar-refractivity contribution < 1.29 is 18.7 Å². The van der Waals surface area contributed by atoms with Crippen molar-refractivity contribution in [2.75, 3.05) is 35.8 Å². The van der Waals surface area contributed by atoms with E-state index < -0.39 is 17.6 Å². The summed E-state index contributed by atoms with van der Waals surface area (Å²) in [5.41, 5.74) is 2.66. The second-order valence-electron chi connectivity index (χ2n) is 7.67. The summed E-state index contributed by atoms with van der Waals surface area (Å²) >= 11 is 0. The van der Waals surface area contributed by atoms with Crippen molar-refractivity contribution in [3.05, 3.63) is 89.9 Å². The van der Waals surface area contributed by atoms with Gasteiger partial charge in [0.15, 0.2) is 0 Å². The van der Waals surface area contributed by atoms with Gasteiger partial charge in [-0.1, -0.05) is 24.3 Å².